The third kappa shape index (κ3) is 2.79. The van der Waals surface area contributed by atoms with Crippen LogP contribution in [0.5, 0.6) is 0 Å². The Hall–Kier alpha value is -1.06. The molecule has 0 aliphatic carbocycles. The van der Waals surface area contributed by atoms with Crippen molar-refractivity contribution in [2.75, 3.05) is 6.54 Å². The Kier molecular flexibility index (Phi) is 4.02. The van der Waals surface area contributed by atoms with Crippen molar-refractivity contribution in [2.24, 2.45) is 0 Å². The molecule has 0 saturated heterocycles. The zero-order chi connectivity index (χ0) is 12.3. The van der Waals surface area contributed by atoms with Crippen molar-refractivity contribution in [1.29, 1.82) is 0 Å². The van der Waals surface area contributed by atoms with E-state index in [4.69, 9.17) is 4.42 Å². The Labute approximate surface area is 110 Å². The summed E-state index contributed by atoms with van der Waals surface area (Å²) in [6.07, 6.45) is 1.71. The molecule has 1 atom stereocenters. The lowest BCUT2D eigenvalue weighted by molar-refractivity contribution is 0.450. The highest BCUT2D eigenvalue weighted by Crippen LogP contribution is 2.29. The minimum absolute atomic E-state index is 0.101. The van der Waals surface area contributed by atoms with Crippen molar-refractivity contribution in [3.63, 3.8) is 0 Å². The van der Waals surface area contributed by atoms with E-state index in [0.29, 0.717) is 0 Å². The first kappa shape index (κ1) is 12.4. The molecule has 2 aromatic rings. The second-order valence-corrected chi connectivity index (χ2v) is 4.89. The highest BCUT2D eigenvalue weighted by atomic mass is 79.9. The molecular formula is C14H16BrNO. The smallest absolute Gasteiger partial charge is 0.139 e. The molecule has 1 aromatic heterocycles. The van der Waals surface area contributed by atoms with E-state index in [2.05, 4.69) is 59.4 Å². The van der Waals surface area contributed by atoms with Crippen molar-refractivity contribution < 1.29 is 4.42 Å². The Bertz CT molecular complexity index is 492. The van der Waals surface area contributed by atoms with Gasteiger partial charge in [-0.15, -0.1) is 0 Å². The number of hydrogen-bond acceptors (Lipinski definition) is 2. The van der Waals surface area contributed by atoms with Crippen LogP contribution in [0.1, 0.15) is 29.9 Å². The molecule has 90 valence electrons. The van der Waals surface area contributed by atoms with Crippen LogP contribution in [0.25, 0.3) is 0 Å². The lowest BCUT2D eigenvalue weighted by Crippen LogP contribution is -2.21. The van der Waals surface area contributed by atoms with E-state index >= 15 is 0 Å². The predicted molar refractivity (Wildman–Crippen MR) is 73.1 cm³/mol. The van der Waals surface area contributed by atoms with Crippen LogP contribution < -0.4 is 5.32 Å². The number of benzene rings is 1. The standard InChI is InChI=1S/C14H16BrNO/c1-3-16-13(14-12(15)7-8-17-14)11-6-4-5-10(2)9-11/h4-9,13,16H,3H2,1-2H3. The zero-order valence-corrected chi connectivity index (χ0v) is 11.6. The van der Waals surface area contributed by atoms with Crippen molar-refractivity contribution in [2.45, 2.75) is 19.9 Å². The lowest BCUT2D eigenvalue weighted by atomic mass is 10.0. The first-order chi connectivity index (χ1) is 8.22. The van der Waals surface area contributed by atoms with Gasteiger partial charge in [-0.1, -0.05) is 36.8 Å². The Balaban J connectivity index is 2.39. The van der Waals surface area contributed by atoms with Crippen molar-refractivity contribution >= 4 is 15.9 Å². The maximum atomic E-state index is 5.56. The van der Waals surface area contributed by atoms with Crippen LogP contribution in [0, 0.1) is 6.92 Å². The van der Waals surface area contributed by atoms with Gasteiger partial charge in [0.15, 0.2) is 0 Å². The largest absolute Gasteiger partial charge is 0.466 e. The summed E-state index contributed by atoms with van der Waals surface area (Å²) in [6, 6.07) is 10.5. The Morgan fingerprint density at radius 3 is 2.76 bits per heavy atom. The summed E-state index contributed by atoms with van der Waals surface area (Å²) in [4.78, 5) is 0. The molecule has 0 amide bonds. The van der Waals surface area contributed by atoms with E-state index < -0.39 is 0 Å². The van der Waals surface area contributed by atoms with E-state index in [-0.39, 0.29) is 6.04 Å². The number of aryl methyl sites for hydroxylation is 1. The summed E-state index contributed by atoms with van der Waals surface area (Å²) in [5, 5.41) is 3.45. The van der Waals surface area contributed by atoms with Gasteiger partial charge in [0.25, 0.3) is 0 Å². The molecule has 1 N–H and O–H groups in total. The van der Waals surface area contributed by atoms with Gasteiger partial charge in [0.05, 0.1) is 16.8 Å². The van der Waals surface area contributed by atoms with Crippen LogP contribution in [0.4, 0.5) is 0 Å². The molecule has 0 spiro atoms. The molecule has 1 unspecified atom stereocenters. The third-order valence-electron chi connectivity index (χ3n) is 2.69. The van der Waals surface area contributed by atoms with Gasteiger partial charge in [0, 0.05) is 0 Å². The molecule has 3 heteroatoms. The van der Waals surface area contributed by atoms with Gasteiger partial charge in [-0.3, -0.25) is 0 Å². The van der Waals surface area contributed by atoms with Crippen LogP contribution in [-0.2, 0) is 0 Å². The normalized spacial score (nSPS) is 12.6. The summed E-state index contributed by atoms with van der Waals surface area (Å²) >= 11 is 3.52. The fourth-order valence-corrected chi connectivity index (χ4v) is 2.36. The lowest BCUT2D eigenvalue weighted by Gasteiger charge is -2.17. The Morgan fingerprint density at radius 2 is 2.18 bits per heavy atom. The minimum atomic E-state index is 0.101. The average Bonchev–Trinajstić information content (AvgIpc) is 2.72. The van der Waals surface area contributed by atoms with E-state index in [9.17, 15) is 0 Å². The molecule has 2 nitrogen and oxygen atoms in total. The van der Waals surface area contributed by atoms with Crippen LogP contribution >= 0.6 is 15.9 Å². The minimum Gasteiger partial charge on any atom is -0.466 e. The number of hydrogen-bond donors (Lipinski definition) is 1. The average molecular weight is 294 g/mol. The van der Waals surface area contributed by atoms with Gasteiger partial charge in [-0.25, -0.2) is 0 Å². The van der Waals surface area contributed by atoms with E-state index in [1.54, 1.807) is 6.26 Å². The summed E-state index contributed by atoms with van der Waals surface area (Å²) in [5.41, 5.74) is 2.48. The second kappa shape index (κ2) is 5.52. The summed E-state index contributed by atoms with van der Waals surface area (Å²) in [5.74, 6) is 0.928. The quantitative estimate of drug-likeness (QED) is 0.920. The number of furan rings is 1. The van der Waals surface area contributed by atoms with Gasteiger partial charge in [0.2, 0.25) is 0 Å². The number of halogens is 1. The molecule has 0 aliphatic rings. The first-order valence-corrected chi connectivity index (χ1v) is 6.54. The molecule has 0 bridgehead atoms. The van der Waals surface area contributed by atoms with Crippen LogP contribution in [0.3, 0.4) is 0 Å². The summed E-state index contributed by atoms with van der Waals surface area (Å²) < 4.78 is 6.57. The molecule has 0 saturated carbocycles. The van der Waals surface area contributed by atoms with Gasteiger partial charge >= 0.3 is 0 Å². The van der Waals surface area contributed by atoms with Gasteiger partial charge in [0.1, 0.15) is 5.76 Å². The van der Waals surface area contributed by atoms with Crippen molar-refractivity contribution in [3.05, 3.63) is 58.0 Å². The number of nitrogens with one attached hydrogen (secondary N) is 1. The van der Waals surface area contributed by atoms with E-state index in [1.807, 2.05) is 6.07 Å². The molecule has 0 radical (unpaired) electrons. The molecule has 17 heavy (non-hydrogen) atoms. The fraction of sp³-hybridized carbons (Fsp3) is 0.286. The van der Waals surface area contributed by atoms with Gasteiger partial charge < -0.3 is 9.73 Å². The van der Waals surface area contributed by atoms with E-state index in [1.165, 1.54) is 11.1 Å². The van der Waals surface area contributed by atoms with Crippen LogP contribution in [0.2, 0.25) is 0 Å². The van der Waals surface area contributed by atoms with Gasteiger partial charge in [-0.05, 0) is 41.0 Å². The molecule has 2 rings (SSSR count). The fourth-order valence-electron chi connectivity index (χ4n) is 1.93. The summed E-state index contributed by atoms with van der Waals surface area (Å²) in [7, 11) is 0. The molecule has 1 heterocycles. The zero-order valence-electron chi connectivity index (χ0n) is 10.0. The second-order valence-electron chi connectivity index (χ2n) is 4.04. The highest BCUT2D eigenvalue weighted by molar-refractivity contribution is 9.10. The topological polar surface area (TPSA) is 25.2 Å². The maximum Gasteiger partial charge on any atom is 0.139 e. The molecular weight excluding hydrogens is 278 g/mol. The van der Waals surface area contributed by atoms with E-state index in [0.717, 1.165) is 16.8 Å². The van der Waals surface area contributed by atoms with Crippen molar-refractivity contribution in [1.82, 2.24) is 5.32 Å². The first-order valence-electron chi connectivity index (χ1n) is 5.75. The highest BCUT2D eigenvalue weighted by Gasteiger charge is 2.18. The van der Waals surface area contributed by atoms with Crippen molar-refractivity contribution in [3.8, 4) is 0 Å². The van der Waals surface area contributed by atoms with Crippen LogP contribution in [-0.4, -0.2) is 6.54 Å². The number of rotatable bonds is 4. The molecule has 1 aromatic carbocycles. The summed E-state index contributed by atoms with van der Waals surface area (Å²) in [6.45, 7) is 5.09. The Morgan fingerprint density at radius 1 is 1.35 bits per heavy atom. The third-order valence-corrected chi connectivity index (χ3v) is 3.35. The molecule has 0 aliphatic heterocycles. The van der Waals surface area contributed by atoms with Gasteiger partial charge in [-0.2, -0.15) is 0 Å². The SMILES string of the molecule is CCNC(c1cccc(C)c1)c1occc1Br. The molecule has 0 fully saturated rings. The maximum absolute atomic E-state index is 5.56. The monoisotopic (exact) mass is 293 g/mol. The van der Waals surface area contributed by atoms with Crippen LogP contribution in [0.15, 0.2) is 45.5 Å². The predicted octanol–water partition coefficient (Wildman–Crippen LogP) is 4.05.